The molecule has 0 bridgehead atoms. The predicted molar refractivity (Wildman–Crippen MR) is 94.2 cm³/mol. The van der Waals surface area contributed by atoms with Crippen LogP contribution < -0.4 is 9.04 Å². The number of ether oxygens (including phenoxy) is 1. The molecule has 0 atom stereocenters. The molecule has 1 aromatic heterocycles. The van der Waals surface area contributed by atoms with Gasteiger partial charge in [0.1, 0.15) is 5.75 Å². The van der Waals surface area contributed by atoms with Crippen LogP contribution in [-0.2, 0) is 10.0 Å². The molecule has 2 aromatic carbocycles. The summed E-state index contributed by atoms with van der Waals surface area (Å²) >= 11 is 0. The summed E-state index contributed by atoms with van der Waals surface area (Å²) in [6, 6.07) is 8.77. The average Bonchev–Trinajstić information content (AvgIpc) is 3.00. The van der Waals surface area contributed by atoms with Gasteiger partial charge in [-0.3, -0.25) is 4.31 Å². The maximum atomic E-state index is 13.1. The molecule has 0 radical (unpaired) electrons. The van der Waals surface area contributed by atoms with Gasteiger partial charge in [-0.25, -0.2) is 13.4 Å². The highest BCUT2D eigenvalue weighted by Crippen LogP contribution is 2.30. The number of nitrogens with zero attached hydrogens (tertiary/aromatic N) is 2. The molecule has 0 spiro atoms. The topological polar surface area (TPSA) is 75.3 Å². The van der Waals surface area contributed by atoms with E-state index in [-0.39, 0.29) is 0 Å². The smallest absolute Gasteiger partial charge is 0.264 e. The zero-order chi connectivity index (χ0) is 17.5. The summed E-state index contributed by atoms with van der Waals surface area (Å²) in [5.74, 6) is 0.644. The first-order chi connectivity index (χ1) is 11.3. The van der Waals surface area contributed by atoms with Crippen LogP contribution in [0.2, 0.25) is 0 Å². The summed E-state index contributed by atoms with van der Waals surface area (Å²) in [5, 5.41) is 0. The van der Waals surface area contributed by atoms with Gasteiger partial charge in [0.15, 0.2) is 0 Å². The molecule has 1 N–H and O–H groups in total. The maximum absolute atomic E-state index is 13.1. The Balaban J connectivity index is 2.09. The number of aryl methyl sites for hydroxylation is 2. The number of hydrogen-bond acceptors (Lipinski definition) is 4. The first kappa shape index (κ1) is 16.3. The maximum Gasteiger partial charge on any atom is 0.264 e. The molecule has 24 heavy (non-hydrogen) atoms. The number of aromatic nitrogens is 2. The first-order valence-corrected chi connectivity index (χ1v) is 8.86. The molecule has 0 aliphatic heterocycles. The number of fused-ring (bicyclic) bond motifs is 1. The highest BCUT2D eigenvalue weighted by atomic mass is 32.2. The van der Waals surface area contributed by atoms with Crippen molar-refractivity contribution in [1.82, 2.24) is 9.97 Å². The molecule has 0 saturated heterocycles. The van der Waals surface area contributed by atoms with Crippen molar-refractivity contribution in [3.63, 3.8) is 0 Å². The fourth-order valence-electron chi connectivity index (χ4n) is 2.83. The monoisotopic (exact) mass is 345 g/mol. The van der Waals surface area contributed by atoms with Gasteiger partial charge in [-0.05, 0) is 55.3 Å². The molecule has 0 unspecified atom stereocenters. The molecule has 126 valence electrons. The quantitative estimate of drug-likeness (QED) is 0.789. The lowest BCUT2D eigenvalue weighted by molar-refractivity contribution is 0.413. The second-order valence-electron chi connectivity index (χ2n) is 5.67. The van der Waals surface area contributed by atoms with Crippen LogP contribution in [0.25, 0.3) is 11.0 Å². The number of imidazole rings is 1. The second-order valence-corrected chi connectivity index (χ2v) is 7.57. The fraction of sp³-hybridized carbons (Fsp3) is 0.235. The van der Waals surface area contributed by atoms with Gasteiger partial charge in [-0.2, -0.15) is 0 Å². The van der Waals surface area contributed by atoms with Crippen molar-refractivity contribution in [2.75, 3.05) is 18.5 Å². The van der Waals surface area contributed by atoms with Crippen molar-refractivity contribution in [3.8, 4) is 5.75 Å². The van der Waals surface area contributed by atoms with Crippen LogP contribution in [0.3, 0.4) is 0 Å². The van der Waals surface area contributed by atoms with Crippen LogP contribution in [-0.4, -0.2) is 32.5 Å². The lowest BCUT2D eigenvalue weighted by Gasteiger charge is -2.22. The van der Waals surface area contributed by atoms with Gasteiger partial charge in [0.05, 0.1) is 35.1 Å². The van der Waals surface area contributed by atoms with E-state index in [9.17, 15) is 8.42 Å². The van der Waals surface area contributed by atoms with Gasteiger partial charge in [-0.1, -0.05) is 0 Å². The number of methoxy groups -OCH3 is 1. The zero-order valence-electron chi connectivity index (χ0n) is 14.0. The average molecular weight is 345 g/mol. The van der Waals surface area contributed by atoms with Gasteiger partial charge in [0, 0.05) is 7.05 Å². The van der Waals surface area contributed by atoms with E-state index in [0.717, 1.165) is 11.0 Å². The molecule has 1 heterocycles. The van der Waals surface area contributed by atoms with Crippen molar-refractivity contribution in [2.24, 2.45) is 0 Å². The third-order valence-corrected chi connectivity index (χ3v) is 6.15. The Morgan fingerprint density at radius 3 is 2.42 bits per heavy atom. The van der Waals surface area contributed by atoms with E-state index < -0.39 is 10.0 Å². The standard InChI is InChI=1S/C17H19N3O3S/c1-11-7-14(23-4)8-12(2)17(11)24(21,22)20(3)13-5-6-15-16(9-13)19-10-18-15/h5-10H,1-4H3,(H,18,19). The van der Waals surface area contributed by atoms with Crippen molar-refractivity contribution < 1.29 is 13.2 Å². The van der Waals surface area contributed by atoms with Crippen LogP contribution in [0, 0.1) is 13.8 Å². The molecule has 0 aliphatic carbocycles. The predicted octanol–water partition coefficient (Wildman–Crippen LogP) is 3.01. The number of aromatic amines is 1. The molecule has 0 saturated carbocycles. The number of hydrogen-bond donors (Lipinski definition) is 1. The molecule has 7 heteroatoms. The van der Waals surface area contributed by atoms with E-state index in [2.05, 4.69) is 9.97 Å². The van der Waals surface area contributed by atoms with E-state index in [4.69, 9.17) is 4.74 Å². The summed E-state index contributed by atoms with van der Waals surface area (Å²) in [5.41, 5.74) is 3.46. The van der Waals surface area contributed by atoms with Crippen LogP contribution in [0.1, 0.15) is 11.1 Å². The van der Waals surface area contributed by atoms with Crippen LogP contribution >= 0.6 is 0 Å². The number of sulfonamides is 1. The van der Waals surface area contributed by atoms with Gasteiger partial charge in [0.2, 0.25) is 0 Å². The minimum Gasteiger partial charge on any atom is -0.497 e. The van der Waals surface area contributed by atoms with Crippen molar-refractivity contribution in [1.29, 1.82) is 0 Å². The van der Waals surface area contributed by atoms with E-state index in [1.807, 2.05) is 0 Å². The minimum atomic E-state index is -3.69. The summed E-state index contributed by atoms with van der Waals surface area (Å²) in [7, 11) is -0.571. The van der Waals surface area contributed by atoms with Crippen LogP contribution in [0.5, 0.6) is 5.75 Å². The summed E-state index contributed by atoms with van der Waals surface area (Å²) in [4.78, 5) is 7.45. The van der Waals surface area contributed by atoms with E-state index in [0.29, 0.717) is 27.5 Å². The summed E-state index contributed by atoms with van der Waals surface area (Å²) in [6.07, 6.45) is 1.58. The summed E-state index contributed by atoms with van der Waals surface area (Å²) < 4.78 is 32.7. The first-order valence-electron chi connectivity index (χ1n) is 7.42. The Morgan fingerprint density at radius 1 is 1.12 bits per heavy atom. The minimum absolute atomic E-state index is 0.301. The highest BCUT2D eigenvalue weighted by Gasteiger charge is 2.26. The normalized spacial score (nSPS) is 11.7. The van der Waals surface area contributed by atoms with E-state index in [1.54, 1.807) is 64.7 Å². The Bertz CT molecular complexity index is 986. The number of H-pyrrole nitrogens is 1. The number of anilines is 1. The fourth-order valence-corrected chi connectivity index (χ4v) is 4.43. The molecule has 3 rings (SSSR count). The van der Waals surface area contributed by atoms with E-state index in [1.165, 1.54) is 4.31 Å². The van der Waals surface area contributed by atoms with Gasteiger partial charge >= 0.3 is 0 Å². The Kier molecular flexibility index (Phi) is 3.96. The van der Waals surface area contributed by atoms with Crippen molar-refractivity contribution >= 4 is 26.7 Å². The van der Waals surface area contributed by atoms with Gasteiger partial charge in [-0.15, -0.1) is 0 Å². The molecule has 6 nitrogen and oxygen atoms in total. The molecule has 0 fully saturated rings. The Hall–Kier alpha value is -2.54. The molecule has 0 aliphatic rings. The third-order valence-electron chi connectivity index (χ3n) is 4.06. The zero-order valence-corrected chi connectivity index (χ0v) is 14.8. The highest BCUT2D eigenvalue weighted by molar-refractivity contribution is 7.92. The van der Waals surface area contributed by atoms with E-state index >= 15 is 0 Å². The van der Waals surface area contributed by atoms with Crippen LogP contribution in [0.4, 0.5) is 5.69 Å². The lowest BCUT2D eigenvalue weighted by Crippen LogP contribution is -2.28. The number of benzene rings is 2. The summed E-state index contributed by atoms with van der Waals surface area (Å²) in [6.45, 7) is 3.54. The lowest BCUT2D eigenvalue weighted by atomic mass is 10.1. The molecule has 3 aromatic rings. The van der Waals surface area contributed by atoms with Crippen LogP contribution in [0.15, 0.2) is 41.6 Å². The van der Waals surface area contributed by atoms with Crippen molar-refractivity contribution in [3.05, 3.63) is 47.8 Å². The molecular weight excluding hydrogens is 326 g/mol. The third kappa shape index (κ3) is 2.60. The van der Waals surface area contributed by atoms with Crippen molar-refractivity contribution in [2.45, 2.75) is 18.7 Å². The second kappa shape index (κ2) is 5.83. The molecule has 0 amide bonds. The Morgan fingerprint density at radius 2 is 1.79 bits per heavy atom. The number of nitrogens with one attached hydrogen (secondary N) is 1. The Labute approximate surface area is 141 Å². The molecular formula is C17H19N3O3S. The number of rotatable bonds is 4. The largest absolute Gasteiger partial charge is 0.497 e. The SMILES string of the molecule is COc1cc(C)c(S(=O)(=O)N(C)c2ccc3nc[nH]c3c2)c(C)c1. The van der Waals surface area contributed by atoms with Gasteiger partial charge < -0.3 is 9.72 Å². The van der Waals surface area contributed by atoms with Gasteiger partial charge in [0.25, 0.3) is 10.0 Å².